The first-order chi connectivity index (χ1) is 22.5. The van der Waals surface area contributed by atoms with Crippen molar-refractivity contribution in [3.05, 3.63) is 139 Å². The molecule has 1 aliphatic heterocycles. The van der Waals surface area contributed by atoms with Gasteiger partial charge in [0.1, 0.15) is 23.1 Å². The van der Waals surface area contributed by atoms with E-state index in [4.69, 9.17) is 14.7 Å². The highest BCUT2D eigenvalue weighted by Gasteiger charge is 2.39. The number of para-hydroxylation sites is 2. The van der Waals surface area contributed by atoms with Gasteiger partial charge in [-0.15, -0.1) is 11.3 Å². The fourth-order valence-electron chi connectivity index (χ4n) is 7.05. The number of benzene rings is 5. The Morgan fingerprint density at radius 1 is 0.717 bits per heavy atom. The van der Waals surface area contributed by atoms with E-state index >= 15 is 0 Å². The summed E-state index contributed by atoms with van der Waals surface area (Å²) in [6, 6.07) is 42.3. The lowest BCUT2D eigenvalue weighted by molar-refractivity contribution is 0.482. The molecule has 0 radical (unpaired) electrons. The molecule has 6 heteroatoms. The van der Waals surface area contributed by atoms with Crippen molar-refractivity contribution in [3.63, 3.8) is 0 Å². The maximum Gasteiger partial charge on any atom is 0.140 e. The number of rotatable bonds is 4. The third kappa shape index (κ3) is 4.00. The molecule has 222 valence electrons. The number of pyridine rings is 1. The van der Waals surface area contributed by atoms with E-state index < -0.39 is 0 Å². The van der Waals surface area contributed by atoms with E-state index in [0.29, 0.717) is 0 Å². The van der Waals surface area contributed by atoms with Crippen molar-refractivity contribution < 1.29 is 4.74 Å². The summed E-state index contributed by atoms with van der Waals surface area (Å²) in [6.45, 7) is 4.64. The maximum atomic E-state index is 6.62. The molecule has 0 saturated carbocycles. The maximum absolute atomic E-state index is 6.62. The van der Waals surface area contributed by atoms with Crippen molar-refractivity contribution in [3.8, 4) is 22.9 Å². The van der Waals surface area contributed by atoms with Crippen LogP contribution in [0.25, 0.3) is 42.6 Å². The minimum atomic E-state index is -0.244. The number of imidazole rings is 1. The van der Waals surface area contributed by atoms with Crippen molar-refractivity contribution in [1.29, 1.82) is 0 Å². The summed E-state index contributed by atoms with van der Waals surface area (Å²) in [6.07, 6.45) is 1.87. The highest BCUT2D eigenvalue weighted by molar-refractivity contribution is 7.26. The molecule has 0 spiro atoms. The Bertz CT molecular complexity index is 2460. The first-order valence-electron chi connectivity index (χ1n) is 15.5. The van der Waals surface area contributed by atoms with Crippen molar-refractivity contribution in [2.45, 2.75) is 19.3 Å². The molecule has 0 saturated heterocycles. The van der Waals surface area contributed by atoms with Crippen LogP contribution in [0.1, 0.15) is 25.0 Å². The van der Waals surface area contributed by atoms with E-state index in [1.165, 1.54) is 37.0 Å². The molecule has 0 N–H and O–H groups in total. The molecule has 8 aromatic rings. The Labute approximate surface area is 271 Å². The van der Waals surface area contributed by atoms with Crippen molar-refractivity contribution >= 4 is 59.7 Å². The fourth-order valence-corrected chi connectivity index (χ4v) is 8.16. The second-order valence-corrected chi connectivity index (χ2v) is 13.5. The summed E-state index contributed by atoms with van der Waals surface area (Å²) >= 11 is 1.84. The van der Waals surface area contributed by atoms with E-state index in [-0.39, 0.29) is 5.41 Å². The second kappa shape index (κ2) is 10.0. The number of hydrogen-bond donors (Lipinski definition) is 0. The molecule has 46 heavy (non-hydrogen) atoms. The van der Waals surface area contributed by atoms with E-state index in [9.17, 15) is 0 Å². The molecular formula is C40H30N4OS. The van der Waals surface area contributed by atoms with Gasteiger partial charge in [-0.25, -0.2) is 9.97 Å². The smallest absolute Gasteiger partial charge is 0.140 e. The molecule has 0 atom stereocenters. The average Bonchev–Trinajstić information content (AvgIpc) is 3.63. The SMILES string of the molecule is Cn1c(-c2cccc(Oc3ccc4c(c3)N(c3ccccn3)c3c(ccc5sc6ccccc6c35)C4(C)C)c2)nc2ccccc21. The summed E-state index contributed by atoms with van der Waals surface area (Å²) in [5, 5.41) is 2.54. The number of aromatic nitrogens is 3. The van der Waals surface area contributed by atoms with Gasteiger partial charge in [0, 0.05) is 50.5 Å². The van der Waals surface area contributed by atoms with Gasteiger partial charge >= 0.3 is 0 Å². The van der Waals surface area contributed by atoms with Crippen LogP contribution in [0.5, 0.6) is 11.5 Å². The fraction of sp³-hybridized carbons (Fsp3) is 0.100. The molecule has 5 aromatic carbocycles. The molecule has 0 amide bonds. The van der Waals surface area contributed by atoms with E-state index in [1.807, 2.05) is 53.9 Å². The summed E-state index contributed by atoms with van der Waals surface area (Å²) in [4.78, 5) is 12.1. The van der Waals surface area contributed by atoms with Crippen LogP contribution >= 0.6 is 11.3 Å². The Kier molecular flexibility index (Phi) is 5.86. The monoisotopic (exact) mass is 614 g/mol. The predicted octanol–water partition coefficient (Wildman–Crippen LogP) is 10.9. The Balaban J connectivity index is 1.20. The van der Waals surface area contributed by atoms with Crippen LogP contribution in [0.3, 0.4) is 0 Å². The van der Waals surface area contributed by atoms with Crippen LogP contribution in [0, 0.1) is 0 Å². The van der Waals surface area contributed by atoms with Crippen molar-refractivity contribution in [2.24, 2.45) is 7.05 Å². The van der Waals surface area contributed by atoms with Crippen LogP contribution in [-0.2, 0) is 12.5 Å². The van der Waals surface area contributed by atoms with Gasteiger partial charge in [-0.2, -0.15) is 0 Å². The normalized spacial score (nSPS) is 13.7. The highest BCUT2D eigenvalue weighted by Crippen LogP contribution is 2.56. The Hall–Kier alpha value is -5.46. The van der Waals surface area contributed by atoms with Crippen molar-refractivity contribution in [1.82, 2.24) is 14.5 Å². The lowest BCUT2D eigenvalue weighted by Gasteiger charge is -2.42. The largest absolute Gasteiger partial charge is 0.457 e. The average molecular weight is 615 g/mol. The number of aryl methyl sites for hydroxylation is 1. The molecule has 9 rings (SSSR count). The van der Waals surface area contributed by atoms with Gasteiger partial charge in [-0.1, -0.05) is 74.5 Å². The van der Waals surface area contributed by atoms with Crippen LogP contribution in [0.2, 0.25) is 0 Å². The van der Waals surface area contributed by atoms with Gasteiger partial charge in [0.15, 0.2) is 0 Å². The Morgan fingerprint density at radius 3 is 2.39 bits per heavy atom. The molecule has 1 aliphatic rings. The zero-order valence-electron chi connectivity index (χ0n) is 25.7. The number of thiophene rings is 1. The third-order valence-corrected chi connectivity index (χ3v) is 10.4. The standard InChI is InChI=1S/C40H30N4OS/c1-40(2)29-19-18-27(45-26-12-10-11-25(23-26)39-42-31-14-5-6-15-32(31)43(39)3)24-33(29)44(36-17-8-9-22-41-36)38-30(40)20-21-35-37(38)28-13-4-7-16-34(28)46-35/h4-24H,1-3H3. The molecule has 0 bridgehead atoms. The quantitative estimate of drug-likeness (QED) is 0.198. The van der Waals surface area contributed by atoms with E-state index in [1.54, 1.807) is 0 Å². The van der Waals surface area contributed by atoms with Crippen molar-refractivity contribution in [2.75, 3.05) is 4.90 Å². The number of fused-ring (bicyclic) bond motifs is 7. The number of anilines is 3. The number of hydrogen-bond acceptors (Lipinski definition) is 5. The molecule has 0 unspecified atom stereocenters. The van der Waals surface area contributed by atoms with E-state index in [2.05, 4.69) is 115 Å². The third-order valence-electron chi connectivity index (χ3n) is 9.29. The number of ether oxygens (including phenoxy) is 1. The van der Waals surface area contributed by atoms with Gasteiger partial charge in [-0.3, -0.25) is 4.90 Å². The van der Waals surface area contributed by atoms with Gasteiger partial charge in [0.2, 0.25) is 0 Å². The molecule has 4 heterocycles. The second-order valence-electron chi connectivity index (χ2n) is 12.4. The minimum Gasteiger partial charge on any atom is -0.457 e. The summed E-state index contributed by atoms with van der Waals surface area (Å²) < 4.78 is 11.3. The summed E-state index contributed by atoms with van der Waals surface area (Å²) in [5.74, 6) is 3.31. The molecule has 3 aromatic heterocycles. The van der Waals surface area contributed by atoms with Crippen LogP contribution in [0.15, 0.2) is 128 Å². The van der Waals surface area contributed by atoms with E-state index in [0.717, 1.165) is 45.4 Å². The zero-order valence-corrected chi connectivity index (χ0v) is 26.5. The van der Waals surface area contributed by atoms with Crippen LogP contribution in [0.4, 0.5) is 17.2 Å². The van der Waals surface area contributed by atoms with Crippen LogP contribution in [-0.4, -0.2) is 14.5 Å². The molecule has 0 aliphatic carbocycles. The minimum absolute atomic E-state index is 0.244. The van der Waals surface area contributed by atoms with Gasteiger partial charge in [-0.05, 0) is 65.7 Å². The molecular weight excluding hydrogens is 585 g/mol. The molecule has 5 nitrogen and oxygen atoms in total. The summed E-state index contributed by atoms with van der Waals surface area (Å²) in [5.41, 5.74) is 7.61. The number of nitrogens with zero attached hydrogens (tertiary/aromatic N) is 4. The topological polar surface area (TPSA) is 43.2 Å². The van der Waals surface area contributed by atoms with Crippen LogP contribution < -0.4 is 9.64 Å². The van der Waals surface area contributed by atoms with Gasteiger partial charge < -0.3 is 9.30 Å². The van der Waals surface area contributed by atoms with Gasteiger partial charge in [0.25, 0.3) is 0 Å². The first kappa shape index (κ1) is 26.9. The summed E-state index contributed by atoms with van der Waals surface area (Å²) in [7, 11) is 2.06. The predicted molar refractivity (Wildman–Crippen MR) is 190 cm³/mol. The molecule has 0 fully saturated rings. The lowest BCUT2D eigenvalue weighted by Crippen LogP contribution is -2.31. The first-order valence-corrected chi connectivity index (χ1v) is 16.3. The lowest BCUT2D eigenvalue weighted by atomic mass is 9.73. The van der Waals surface area contributed by atoms with Gasteiger partial charge in [0.05, 0.1) is 22.4 Å². The Morgan fingerprint density at radius 2 is 1.52 bits per heavy atom. The zero-order chi connectivity index (χ0) is 31.0. The highest BCUT2D eigenvalue weighted by atomic mass is 32.1.